The summed E-state index contributed by atoms with van der Waals surface area (Å²) in [6.45, 7) is 2.18. The molecular formula is C12H16O3. The molecule has 1 heterocycles. The molecular weight excluding hydrogens is 192 g/mol. The first kappa shape index (κ1) is 9.37. The first-order chi connectivity index (χ1) is 7.22. The molecule has 1 aliphatic heterocycles. The Hall–Kier alpha value is -0.860. The Morgan fingerprint density at radius 2 is 1.93 bits per heavy atom. The number of carbonyl (C=O) groups is 2. The van der Waals surface area contributed by atoms with Gasteiger partial charge in [-0.3, -0.25) is 9.59 Å². The molecule has 5 atom stereocenters. The number of carbonyl (C=O) groups excluding carboxylic acids is 2. The standard InChI is InChI=1S/C12H16O3/c1-2-6-5-7-3-4-8(6)10-9(7)11(13)15-12(10)14/h6-10H,2-5H2,1H3. The quantitative estimate of drug-likeness (QED) is 0.487. The van der Waals surface area contributed by atoms with Gasteiger partial charge in [-0.15, -0.1) is 0 Å². The van der Waals surface area contributed by atoms with Gasteiger partial charge < -0.3 is 4.74 Å². The molecule has 0 amide bonds. The number of fused-ring (bicyclic) bond motifs is 2. The van der Waals surface area contributed by atoms with E-state index in [0.29, 0.717) is 17.8 Å². The summed E-state index contributed by atoms with van der Waals surface area (Å²) in [5, 5.41) is 0. The molecule has 2 bridgehead atoms. The molecule has 3 saturated carbocycles. The molecule has 4 rings (SSSR count). The molecule has 0 aromatic heterocycles. The third kappa shape index (κ3) is 1.12. The van der Waals surface area contributed by atoms with Crippen molar-refractivity contribution in [1.29, 1.82) is 0 Å². The summed E-state index contributed by atoms with van der Waals surface area (Å²) in [4.78, 5) is 23.2. The van der Waals surface area contributed by atoms with Crippen LogP contribution in [0.4, 0.5) is 0 Å². The van der Waals surface area contributed by atoms with Gasteiger partial charge in [-0.2, -0.15) is 0 Å². The van der Waals surface area contributed by atoms with Crippen molar-refractivity contribution in [3.63, 3.8) is 0 Å². The number of rotatable bonds is 1. The minimum absolute atomic E-state index is 0.0842. The van der Waals surface area contributed by atoms with Crippen LogP contribution in [0.3, 0.4) is 0 Å². The van der Waals surface area contributed by atoms with Crippen LogP contribution in [0.15, 0.2) is 0 Å². The summed E-state index contributed by atoms with van der Waals surface area (Å²) < 4.78 is 4.80. The van der Waals surface area contributed by atoms with Gasteiger partial charge in [0.25, 0.3) is 0 Å². The van der Waals surface area contributed by atoms with E-state index >= 15 is 0 Å². The van der Waals surface area contributed by atoms with E-state index in [1.54, 1.807) is 0 Å². The summed E-state index contributed by atoms with van der Waals surface area (Å²) >= 11 is 0. The van der Waals surface area contributed by atoms with Crippen LogP contribution in [0.25, 0.3) is 0 Å². The molecule has 0 N–H and O–H groups in total. The van der Waals surface area contributed by atoms with Crippen LogP contribution in [-0.4, -0.2) is 11.9 Å². The van der Waals surface area contributed by atoms with Crippen LogP contribution in [0, 0.1) is 29.6 Å². The Balaban J connectivity index is 1.96. The van der Waals surface area contributed by atoms with Crippen molar-refractivity contribution in [3.8, 4) is 0 Å². The van der Waals surface area contributed by atoms with Gasteiger partial charge in [0, 0.05) is 0 Å². The second kappa shape index (κ2) is 3.06. The highest BCUT2D eigenvalue weighted by atomic mass is 16.6. The third-order valence-corrected chi connectivity index (χ3v) is 4.71. The van der Waals surface area contributed by atoms with Crippen molar-refractivity contribution in [2.75, 3.05) is 0 Å². The Labute approximate surface area is 89.2 Å². The van der Waals surface area contributed by atoms with Crippen LogP contribution >= 0.6 is 0 Å². The fourth-order valence-electron chi connectivity index (χ4n) is 4.05. The summed E-state index contributed by atoms with van der Waals surface area (Å²) in [6, 6.07) is 0. The molecule has 4 aliphatic rings. The van der Waals surface area contributed by atoms with Gasteiger partial charge in [-0.25, -0.2) is 0 Å². The highest BCUT2D eigenvalue weighted by molar-refractivity contribution is 5.97. The molecule has 0 aromatic rings. The summed E-state index contributed by atoms with van der Waals surface area (Å²) in [7, 11) is 0. The topological polar surface area (TPSA) is 43.4 Å². The van der Waals surface area contributed by atoms with Crippen LogP contribution in [-0.2, 0) is 14.3 Å². The lowest BCUT2D eigenvalue weighted by molar-refractivity contribution is -0.154. The van der Waals surface area contributed by atoms with Crippen molar-refractivity contribution < 1.29 is 14.3 Å². The molecule has 0 radical (unpaired) electrons. The smallest absolute Gasteiger partial charge is 0.317 e. The van der Waals surface area contributed by atoms with Crippen LogP contribution < -0.4 is 0 Å². The number of cyclic esters (lactones) is 2. The van der Waals surface area contributed by atoms with Crippen LogP contribution in [0.5, 0.6) is 0 Å². The van der Waals surface area contributed by atoms with E-state index in [2.05, 4.69) is 6.92 Å². The largest absolute Gasteiger partial charge is 0.393 e. The molecule has 5 unspecified atom stereocenters. The van der Waals surface area contributed by atoms with Crippen LogP contribution in [0.1, 0.15) is 32.6 Å². The van der Waals surface area contributed by atoms with Gasteiger partial charge in [-0.1, -0.05) is 13.3 Å². The van der Waals surface area contributed by atoms with E-state index in [0.717, 1.165) is 25.7 Å². The summed E-state index contributed by atoms with van der Waals surface area (Å²) in [6.07, 6.45) is 4.49. The number of hydrogen-bond acceptors (Lipinski definition) is 3. The van der Waals surface area contributed by atoms with Gasteiger partial charge in [0.05, 0.1) is 11.8 Å². The normalized spacial score (nSPS) is 47.9. The molecule has 1 saturated heterocycles. The number of hydrogen-bond donors (Lipinski definition) is 0. The minimum atomic E-state index is -0.241. The average Bonchev–Trinajstić information content (AvgIpc) is 2.57. The van der Waals surface area contributed by atoms with Crippen LogP contribution in [0.2, 0.25) is 0 Å². The SMILES string of the molecule is CCC1CC2CCC1C1C(=O)OC(=O)C21. The highest BCUT2D eigenvalue weighted by Gasteiger charge is 2.58. The molecule has 3 heteroatoms. The van der Waals surface area contributed by atoms with E-state index in [1.165, 1.54) is 0 Å². The fourth-order valence-corrected chi connectivity index (χ4v) is 4.05. The fraction of sp³-hybridized carbons (Fsp3) is 0.833. The van der Waals surface area contributed by atoms with Crippen molar-refractivity contribution in [2.45, 2.75) is 32.6 Å². The van der Waals surface area contributed by atoms with Gasteiger partial charge in [0.15, 0.2) is 0 Å². The minimum Gasteiger partial charge on any atom is -0.393 e. The van der Waals surface area contributed by atoms with Gasteiger partial charge in [0.1, 0.15) is 0 Å². The second-order valence-corrected chi connectivity index (χ2v) is 5.20. The van der Waals surface area contributed by atoms with E-state index in [-0.39, 0.29) is 23.8 Å². The monoisotopic (exact) mass is 208 g/mol. The molecule has 3 aliphatic carbocycles. The summed E-state index contributed by atoms with van der Waals surface area (Å²) in [5.74, 6) is 0.831. The third-order valence-electron chi connectivity index (χ3n) is 4.71. The lowest BCUT2D eigenvalue weighted by Crippen LogP contribution is -2.46. The average molecular weight is 208 g/mol. The molecule has 4 fully saturated rings. The maximum atomic E-state index is 11.6. The molecule has 3 nitrogen and oxygen atoms in total. The Bertz CT molecular complexity index is 323. The van der Waals surface area contributed by atoms with Crippen molar-refractivity contribution >= 4 is 11.9 Å². The van der Waals surface area contributed by atoms with E-state index < -0.39 is 0 Å². The predicted molar refractivity (Wildman–Crippen MR) is 52.7 cm³/mol. The first-order valence-electron chi connectivity index (χ1n) is 5.98. The van der Waals surface area contributed by atoms with E-state index in [4.69, 9.17) is 4.74 Å². The molecule has 15 heavy (non-hydrogen) atoms. The van der Waals surface area contributed by atoms with Gasteiger partial charge in [0.2, 0.25) is 0 Å². The van der Waals surface area contributed by atoms with Crippen molar-refractivity contribution in [3.05, 3.63) is 0 Å². The zero-order chi connectivity index (χ0) is 10.6. The van der Waals surface area contributed by atoms with Gasteiger partial charge >= 0.3 is 11.9 Å². The predicted octanol–water partition coefficient (Wildman–Crippen LogP) is 1.76. The first-order valence-corrected chi connectivity index (χ1v) is 5.98. The Morgan fingerprint density at radius 3 is 2.67 bits per heavy atom. The molecule has 0 spiro atoms. The molecule has 82 valence electrons. The van der Waals surface area contributed by atoms with Crippen molar-refractivity contribution in [2.24, 2.45) is 29.6 Å². The molecule has 0 aromatic carbocycles. The highest BCUT2D eigenvalue weighted by Crippen LogP contribution is 2.55. The lowest BCUT2D eigenvalue weighted by Gasteiger charge is -2.47. The van der Waals surface area contributed by atoms with Gasteiger partial charge in [-0.05, 0) is 37.0 Å². The Kier molecular flexibility index (Phi) is 1.91. The maximum Gasteiger partial charge on any atom is 0.317 e. The zero-order valence-corrected chi connectivity index (χ0v) is 8.94. The lowest BCUT2D eigenvalue weighted by atomic mass is 9.55. The number of esters is 2. The number of ether oxygens (including phenoxy) is 1. The Morgan fingerprint density at radius 1 is 1.20 bits per heavy atom. The second-order valence-electron chi connectivity index (χ2n) is 5.20. The zero-order valence-electron chi connectivity index (χ0n) is 8.94. The summed E-state index contributed by atoms with van der Waals surface area (Å²) in [5.41, 5.74) is 0. The maximum absolute atomic E-state index is 11.6. The van der Waals surface area contributed by atoms with E-state index in [1.807, 2.05) is 0 Å². The van der Waals surface area contributed by atoms with E-state index in [9.17, 15) is 9.59 Å². The van der Waals surface area contributed by atoms with Crippen molar-refractivity contribution in [1.82, 2.24) is 0 Å².